The Hall–Kier alpha value is -2.48. The van der Waals surface area contributed by atoms with Crippen molar-refractivity contribution < 1.29 is 9.59 Å². The van der Waals surface area contributed by atoms with Crippen molar-refractivity contribution >= 4 is 45.1 Å². The van der Waals surface area contributed by atoms with Crippen LogP contribution in [0.1, 0.15) is 25.7 Å². The predicted molar refractivity (Wildman–Crippen MR) is 111 cm³/mol. The van der Waals surface area contributed by atoms with Crippen molar-refractivity contribution in [3.8, 4) is 0 Å². The van der Waals surface area contributed by atoms with Crippen molar-refractivity contribution in [1.82, 2.24) is 9.97 Å². The number of piperidine rings is 1. The summed E-state index contributed by atoms with van der Waals surface area (Å²) in [5.74, 6) is 0.682. The second-order valence-electron chi connectivity index (χ2n) is 7.18. The Kier molecular flexibility index (Phi) is 5.57. The van der Waals surface area contributed by atoms with Gasteiger partial charge in [-0.3, -0.25) is 9.59 Å². The van der Waals surface area contributed by atoms with Gasteiger partial charge in [0.1, 0.15) is 18.0 Å². The lowest BCUT2D eigenvalue weighted by Crippen LogP contribution is -2.30. The van der Waals surface area contributed by atoms with Gasteiger partial charge in [-0.15, -0.1) is 0 Å². The van der Waals surface area contributed by atoms with Crippen LogP contribution >= 0.6 is 15.9 Å². The highest BCUT2D eigenvalue weighted by Crippen LogP contribution is 2.28. The maximum atomic E-state index is 12.7. The minimum Gasteiger partial charge on any atom is -0.356 e. The Bertz CT molecular complexity index is 884. The fourth-order valence-electron chi connectivity index (χ4n) is 3.72. The molecule has 3 heterocycles. The molecule has 0 spiro atoms. The molecule has 0 saturated carbocycles. The quantitative estimate of drug-likeness (QED) is 0.784. The number of benzene rings is 1. The number of anilines is 3. The highest BCUT2D eigenvalue weighted by Gasteiger charge is 2.35. The van der Waals surface area contributed by atoms with E-state index >= 15 is 0 Å². The van der Waals surface area contributed by atoms with E-state index < -0.39 is 5.92 Å². The molecule has 2 aliphatic heterocycles. The van der Waals surface area contributed by atoms with E-state index in [9.17, 15) is 9.59 Å². The fourth-order valence-corrected chi connectivity index (χ4v) is 4.10. The molecule has 146 valence electrons. The molecule has 1 atom stereocenters. The molecule has 2 aliphatic rings. The standard InChI is InChI=1S/C20H22BrN5O2/c21-15-5-4-6-16(10-15)26-12-14(9-19(26)27)20(28)24-17-11-18(23-13-22-17)25-7-2-1-3-8-25/h4-6,10-11,13-14H,1-3,7-9,12H2,(H,22,23,24,28). The van der Waals surface area contributed by atoms with Crippen LogP contribution in [0.25, 0.3) is 0 Å². The Morgan fingerprint density at radius 2 is 1.96 bits per heavy atom. The van der Waals surface area contributed by atoms with Crippen molar-refractivity contribution in [2.24, 2.45) is 5.92 Å². The minimum absolute atomic E-state index is 0.0463. The monoisotopic (exact) mass is 443 g/mol. The largest absolute Gasteiger partial charge is 0.356 e. The summed E-state index contributed by atoms with van der Waals surface area (Å²) in [4.78, 5) is 37.5. The lowest BCUT2D eigenvalue weighted by Gasteiger charge is -2.27. The van der Waals surface area contributed by atoms with Crippen LogP contribution in [0.3, 0.4) is 0 Å². The predicted octanol–water partition coefficient (Wildman–Crippen LogP) is 3.22. The van der Waals surface area contributed by atoms with E-state index in [-0.39, 0.29) is 18.2 Å². The molecular formula is C20H22BrN5O2. The van der Waals surface area contributed by atoms with Crippen LogP contribution in [0.5, 0.6) is 0 Å². The minimum atomic E-state index is -0.403. The van der Waals surface area contributed by atoms with Gasteiger partial charge in [0.2, 0.25) is 11.8 Å². The van der Waals surface area contributed by atoms with Crippen LogP contribution < -0.4 is 15.1 Å². The first-order valence-corrected chi connectivity index (χ1v) is 10.3. The summed E-state index contributed by atoms with van der Waals surface area (Å²) in [6, 6.07) is 9.35. The number of halogens is 1. The van der Waals surface area contributed by atoms with Gasteiger partial charge >= 0.3 is 0 Å². The summed E-state index contributed by atoms with van der Waals surface area (Å²) in [6.45, 7) is 2.32. The molecule has 0 bridgehead atoms. The van der Waals surface area contributed by atoms with Crippen LogP contribution in [0.15, 0.2) is 41.1 Å². The van der Waals surface area contributed by atoms with Crippen molar-refractivity contribution in [2.75, 3.05) is 34.8 Å². The van der Waals surface area contributed by atoms with Gasteiger partial charge in [0, 0.05) is 42.3 Å². The van der Waals surface area contributed by atoms with Crippen LogP contribution in [0.4, 0.5) is 17.3 Å². The number of nitrogens with one attached hydrogen (secondary N) is 1. The summed E-state index contributed by atoms with van der Waals surface area (Å²) in [5, 5.41) is 2.86. The van der Waals surface area contributed by atoms with E-state index in [0.29, 0.717) is 12.4 Å². The fraction of sp³-hybridized carbons (Fsp3) is 0.400. The first-order chi connectivity index (χ1) is 13.6. The molecule has 1 aromatic carbocycles. The SMILES string of the molecule is O=C(Nc1cc(N2CCCCC2)ncn1)C1CC(=O)N(c2cccc(Br)c2)C1. The molecule has 1 N–H and O–H groups in total. The lowest BCUT2D eigenvalue weighted by molar-refractivity contribution is -0.122. The number of carbonyl (C=O) groups is 2. The average Bonchev–Trinajstić information content (AvgIpc) is 3.11. The number of hydrogen-bond donors (Lipinski definition) is 1. The van der Waals surface area contributed by atoms with Crippen molar-refractivity contribution in [3.05, 3.63) is 41.1 Å². The molecule has 2 fully saturated rings. The van der Waals surface area contributed by atoms with Gasteiger partial charge in [0.25, 0.3) is 0 Å². The Balaban J connectivity index is 1.42. The van der Waals surface area contributed by atoms with E-state index in [1.807, 2.05) is 30.3 Å². The van der Waals surface area contributed by atoms with Crippen molar-refractivity contribution in [2.45, 2.75) is 25.7 Å². The van der Waals surface area contributed by atoms with Crippen molar-refractivity contribution in [3.63, 3.8) is 0 Å². The molecule has 0 aliphatic carbocycles. The highest BCUT2D eigenvalue weighted by molar-refractivity contribution is 9.10. The van der Waals surface area contributed by atoms with Crippen LogP contribution in [-0.2, 0) is 9.59 Å². The Morgan fingerprint density at radius 1 is 1.14 bits per heavy atom. The zero-order valence-electron chi connectivity index (χ0n) is 15.5. The number of aromatic nitrogens is 2. The molecule has 8 heteroatoms. The number of amides is 2. The molecule has 1 unspecified atom stereocenters. The zero-order chi connectivity index (χ0) is 19.5. The van der Waals surface area contributed by atoms with Gasteiger partial charge in [0.15, 0.2) is 0 Å². The van der Waals surface area contributed by atoms with Gasteiger partial charge in [-0.1, -0.05) is 22.0 Å². The van der Waals surface area contributed by atoms with Crippen LogP contribution in [0.2, 0.25) is 0 Å². The molecule has 4 rings (SSSR count). The summed E-state index contributed by atoms with van der Waals surface area (Å²) >= 11 is 3.42. The Morgan fingerprint density at radius 3 is 2.75 bits per heavy atom. The number of rotatable bonds is 4. The van der Waals surface area contributed by atoms with E-state index in [1.165, 1.54) is 12.7 Å². The first-order valence-electron chi connectivity index (χ1n) is 9.54. The lowest BCUT2D eigenvalue weighted by atomic mass is 10.1. The topological polar surface area (TPSA) is 78.4 Å². The zero-order valence-corrected chi connectivity index (χ0v) is 17.1. The second-order valence-corrected chi connectivity index (χ2v) is 8.10. The first kappa shape index (κ1) is 18.9. The third-order valence-electron chi connectivity index (χ3n) is 5.20. The van der Waals surface area contributed by atoms with Gasteiger partial charge < -0.3 is 15.1 Å². The molecule has 2 saturated heterocycles. The third-order valence-corrected chi connectivity index (χ3v) is 5.69. The molecular weight excluding hydrogens is 422 g/mol. The molecule has 7 nitrogen and oxygen atoms in total. The van der Waals surface area contributed by atoms with Crippen LogP contribution in [0, 0.1) is 5.92 Å². The highest BCUT2D eigenvalue weighted by atomic mass is 79.9. The average molecular weight is 444 g/mol. The van der Waals surface area contributed by atoms with Gasteiger partial charge in [-0.2, -0.15) is 0 Å². The maximum absolute atomic E-state index is 12.7. The third kappa shape index (κ3) is 4.16. The molecule has 0 radical (unpaired) electrons. The van der Waals surface area contributed by atoms with Gasteiger partial charge in [0.05, 0.1) is 5.92 Å². The van der Waals surface area contributed by atoms with Gasteiger partial charge in [-0.25, -0.2) is 9.97 Å². The maximum Gasteiger partial charge on any atom is 0.230 e. The van der Waals surface area contributed by atoms with Gasteiger partial charge in [-0.05, 0) is 37.5 Å². The number of nitrogens with zero attached hydrogens (tertiary/aromatic N) is 4. The van der Waals surface area contributed by atoms with E-state index in [1.54, 1.807) is 4.90 Å². The smallest absolute Gasteiger partial charge is 0.230 e. The normalized spacial score (nSPS) is 19.8. The van der Waals surface area contributed by atoms with E-state index in [2.05, 4.69) is 36.1 Å². The number of carbonyl (C=O) groups excluding carboxylic acids is 2. The Labute approximate surface area is 172 Å². The summed E-state index contributed by atoms with van der Waals surface area (Å²) < 4.78 is 0.900. The van der Waals surface area contributed by atoms with Crippen LogP contribution in [-0.4, -0.2) is 41.4 Å². The summed E-state index contributed by atoms with van der Waals surface area (Å²) in [6.07, 6.45) is 5.23. The summed E-state index contributed by atoms with van der Waals surface area (Å²) in [5.41, 5.74) is 0.795. The second kappa shape index (κ2) is 8.26. The van der Waals surface area contributed by atoms with Crippen molar-refractivity contribution in [1.29, 1.82) is 0 Å². The number of hydrogen-bond acceptors (Lipinski definition) is 5. The summed E-state index contributed by atoms with van der Waals surface area (Å²) in [7, 11) is 0. The molecule has 2 aromatic rings. The molecule has 28 heavy (non-hydrogen) atoms. The van der Waals surface area contributed by atoms with E-state index in [0.717, 1.165) is 41.9 Å². The van der Waals surface area contributed by atoms with E-state index in [4.69, 9.17) is 0 Å². The molecule has 2 amide bonds. The molecule has 1 aromatic heterocycles.